The molecule has 0 spiro atoms. The number of nitrogens with zero attached hydrogens (tertiary/aromatic N) is 1. The van der Waals surface area contributed by atoms with Crippen LogP contribution >= 0.6 is 0 Å². The van der Waals surface area contributed by atoms with Crippen LogP contribution in [0.1, 0.15) is 20.8 Å². The third kappa shape index (κ3) is 4.55. The molecule has 1 rings (SSSR count). The predicted octanol–water partition coefficient (Wildman–Crippen LogP) is 0.645. The molecule has 116 valence electrons. The van der Waals surface area contributed by atoms with Crippen molar-refractivity contribution in [2.45, 2.75) is 44.7 Å². The zero-order valence-electron chi connectivity index (χ0n) is 11.3. The van der Waals surface area contributed by atoms with E-state index in [1.807, 2.05) is 0 Å². The van der Waals surface area contributed by atoms with E-state index >= 15 is 0 Å². The summed E-state index contributed by atoms with van der Waals surface area (Å²) in [4.78, 5) is 23.5. The van der Waals surface area contributed by atoms with Gasteiger partial charge in [0.2, 0.25) is 0 Å². The van der Waals surface area contributed by atoms with Crippen LogP contribution in [-0.2, 0) is 9.53 Å². The van der Waals surface area contributed by atoms with Crippen LogP contribution in [-0.4, -0.2) is 59.0 Å². The number of rotatable bonds is 1. The molecule has 0 aromatic carbocycles. The Morgan fingerprint density at radius 3 is 2.25 bits per heavy atom. The summed E-state index contributed by atoms with van der Waals surface area (Å²) in [6.07, 6.45) is -7.05. The highest BCUT2D eigenvalue weighted by Gasteiger charge is 2.43. The first kappa shape index (κ1) is 16.5. The summed E-state index contributed by atoms with van der Waals surface area (Å²) in [6.45, 7) is 4.48. The molecule has 1 aliphatic rings. The molecule has 20 heavy (non-hydrogen) atoms. The van der Waals surface area contributed by atoms with Gasteiger partial charge in [-0.25, -0.2) is 4.79 Å². The maximum atomic E-state index is 12.1. The largest absolute Gasteiger partial charge is 0.471 e. The molecule has 1 saturated heterocycles. The van der Waals surface area contributed by atoms with E-state index in [4.69, 9.17) is 4.74 Å². The van der Waals surface area contributed by atoms with E-state index in [1.165, 1.54) is 0 Å². The van der Waals surface area contributed by atoms with E-state index < -0.39 is 35.9 Å². The van der Waals surface area contributed by atoms with Gasteiger partial charge in [0.05, 0.1) is 18.7 Å². The molecule has 0 aromatic rings. The summed E-state index contributed by atoms with van der Waals surface area (Å²) in [5, 5.41) is 11.2. The average molecular weight is 298 g/mol. The number of aliphatic hydroxyl groups is 1. The molecule has 2 unspecified atom stereocenters. The fraction of sp³-hybridized carbons (Fsp3) is 0.818. The molecule has 2 atom stereocenters. The summed E-state index contributed by atoms with van der Waals surface area (Å²) in [5.41, 5.74) is -0.755. The standard InChI is InChI=1S/C11H17F3N2O4/c1-10(2,3)20-9(19)16-4-6(7(17)5-16)15-8(18)11(12,13)14/h6-7,17H,4-5H2,1-3H3,(H,15,18). The summed E-state index contributed by atoms with van der Waals surface area (Å²) in [6, 6.07) is -1.17. The number of nitrogens with one attached hydrogen (secondary N) is 1. The number of ether oxygens (including phenoxy) is 1. The molecule has 1 aliphatic heterocycles. The van der Waals surface area contributed by atoms with Crippen molar-refractivity contribution < 1.29 is 32.6 Å². The van der Waals surface area contributed by atoms with E-state index in [0.29, 0.717) is 0 Å². The van der Waals surface area contributed by atoms with Gasteiger partial charge in [-0.15, -0.1) is 0 Å². The smallest absolute Gasteiger partial charge is 0.444 e. The fourth-order valence-electron chi connectivity index (χ4n) is 1.65. The van der Waals surface area contributed by atoms with Crippen LogP contribution in [0.15, 0.2) is 0 Å². The molecule has 0 bridgehead atoms. The van der Waals surface area contributed by atoms with Crippen LogP contribution in [0.25, 0.3) is 0 Å². The van der Waals surface area contributed by atoms with Gasteiger partial charge in [0.25, 0.3) is 0 Å². The van der Waals surface area contributed by atoms with Crippen LogP contribution in [0.3, 0.4) is 0 Å². The Labute approximate surface area is 113 Å². The first-order valence-corrected chi connectivity index (χ1v) is 5.94. The Morgan fingerprint density at radius 1 is 1.25 bits per heavy atom. The maximum absolute atomic E-state index is 12.1. The van der Waals surface area contributed by atoms with Gasteiger partial charge in [0.1, 0.15) is 5.60 Å². The summed E-state index contributed by atoms with van der Waals surface area (Å²) >= 11 is 0. The SMILES string of the molecule is CC(C)(C)OC(=O)N1CC(O)C(NC(=O)C(F)(F)F)C1. The van der Waals surface area contributed by atoms with E-state index in [9.17, 15) is 27.9 Å². The van der Waals surface area contributed by atoms with Crippen LogP contribution in [0.4, 0.5) is 18.0 Å². The lowest BCUT2D eigenvalue weighted by atomic mass is 10.2. The quantitative estimate of drug-likeness (QED) is 0.745. The van der Waals surface area contributed by atoms with Gasteiger partial charge in [0, 0.05) is 6.54 Å². The summed E-state index contributed by atoms with van der Waals surface area (Å²) in [7, 11) is 0. The van der Waals surface area contributed by atoms with Gasteiger partial charge in [-0.2, -0.15) is 13.2 Å². The number of hydrogen-bond acceptors (Lipinski definition) is 4. The van der Waals surface area contributed by atoms with Gasteiger partial charge < -0.3 is 20.1 Å². The number of hydrogen-bond donors (Lipinski definition) is 2. The second kappa shape index (κ2) is 5.47. The predicted molar refractivity (Wildman–Crippen MR) is 61.8 cm³/mol. The molecular formula is C11H17F3N2O4. The van der Waals surface area contributed by atoms with Gasteiger partial charge in [0.15, 0.2) is 0 Å². The van der Waals surface area contributed by atoms with Crippen molar-refractivity contribution in [3.05, 3.63) is 0 Å². The topological polar surface area (TPSA) is 78.9 Å². The number of carbonyl (C=O) groups is 2. The minimum absolute atomic E-state index is 0.197. The van der Waals surface area contributed by atoms with Gasteiger partial charge in [-0.3, -0.25) is 4.79 Å². The summed E-state index contributed by atoms with van der Waals surface area (Å²) < 4.78 is 41.4. The summed E-state index contributed by atoms with van der Waals surface area (Å²) in [5.74, 6) is -2.15. The number of likely N-dealkylation sites (tertiary alicyclic amines) is 1. The Kier molecular flexibility index (Phi) is 4.52. The number of aliphatic hydroxyl groups excluding tert-OH is 1. The lowest BCUT2D eigenvalue weighted by molar-refractivity contribution is -0.174. The molecule has 2 amide bonds. The molecular weight excluding hydrogens is 281 g/mol. The number of alkyl halides is 3. The van der Waals surface area contributed by atoms with Crippen molar-refractivity contribution >= 4 is 12.0 Å². The first-order chi connectivity index (χ1) is 8.90. The Morgan fingerprint density at radius 2 is 1.80 bits per heavy atom. The highest BCUT2D eigenvalue weighted by molar-refractivity contribution is 5.82. The first-order valence-electron chi connectivity index (χ1n) is 5.94. The lowest BCUT2D eigenvalue weighted by Gasteiger charge is -2.24. The minimum Gasteiger partial charge on any atom is -0.444 e. The Balaban J connectivity index is 2.59. The van der Waals surface area contributed by atoms with Crippen LogP contribution in [0.2, 0.25) is 0 Å². The number of amides is 2. The average Bonchev–Trinajstić information content (AvgIpc) is 2.56. The van der Waals surface area contributed by atoms with E-state index in [2.05, 4.69) is 0 Å². The van der Waals surface area contributed by atoms with Crippen molar-refractivity contribution in [1.29, 1.82) is 0 Å². The van der Waals surface area contributed by atoms with E-state index in [-0.39, 0.29) is 13.1 Å². The molecule has 6 nitrogen and oxygen atoms in total. The van der Waals surface area contributed by atoms with E-state index in [1.54, 1.807) is 26.1 Å². The third-order valence-electron chi connectivity index (χ3n) is 2.51. The monoisotopic (exact) mass is 298 g/mol. The zero-order chi connectivity index (χ0) is 15.7. The Bertz CT molecular complexity index is 392. The highest BCUT2D eigenvalue weighted by Crippen LogP contribution is 2.19. The maximum Gasteiger partial charge on any atom is 0.471 e. The molecule has 0 aliphatic carbocycles. The molecule has 0 aromatic heterocycles. The molecule has 0 saturated carbocycles. The third-order valence-corrected chi connectivity index (χ3v) is 2.51. The molecule has 1 heterocycles. The number of carbonyl (C=O) groups excluding carboxylic acids is 2. The normalized spacial score (nSPS) is 23.6. The van der Waals surface area contributed by atoms with Crippen molar-refractivity contribution in [3.8, 4) is 0 Å². The fourth-order valence-corrected chi connectivity index (χ4v) is 1.65. The van der Waals surface area contributed by atoms with Crippen molar-refractivity contribution in [2.75, 3.05) is 13.1 Å². The van der Waals surface area contributed by atoms with Crippen LogP contribution in [0.5, 0.6) is 0 Å². The van der Waals surface area contributed by atoms with Crippen LogP contribution in [0, 0.1) is 0 Å². The number of halogens is 3. The van der Waals surface area contributed by atoms with Gasteiger partial charge >= 0.3 is 18.2 Å². The highest BCUT2D eigenvalue weighted by atomic mass is 19.4. The molecule has 2 N–H and O–H groups in total. The van der Waals surface area contributed by atoms with Gasteiger partial charge in [-0.1, -0.05) is 0 Å². The van der Waals surface area contributed by atoms with Crippen molar-refractivity contribution in [1.82, 2.24) is 10.2 Å². The second-order valence-electron chi connectivity index (χ2n) is 5.53. The van der Waals surface area contributed by atoms with Crippen LogP contribution < -0.4 is 5.32 Å². The minimum atomic E-state index is -5.03. The second-order valence-corrected chi connectivity index (χ2v) is 5.53. The zero-order valence-corrected chi connectivity index (χ0v) is 11.3. The number of β-amino-alcohol motifs (C(OH)–C–C–N with tert-alkyl or cyclic N) is 1. The Hall–Kier alpha value is -1.51. The molecule has 9 heteroatoms. The van der Waals surface area contributed by atoms with E-state index in [0.717, 1.165) is 4.90 Å². The molecule has 1 fully saturated rings. The lowest BCUT2D eigenvalue weighted by Crippen LogP contribution is -2.48. The van der Waals surface area contributed by atoms with Crippen molar-refractivity contribution in [3.63, 3.8) is 0 Å². The van der Waals surface area contributed by atoms with Gasteiger partial charge in [-0.05, 0) is 20.8 Å². The molecule has 0 radical (unpaired) electrons. The van der Waals surface area contributed by atoms with Crippen molar-refractivity contribution in [2.24, 2.45) is 0 Å².